The number of hydrogen-bond acceptors (Lipinski definition) is 4. The number of carbonyl (C=O) groups excluding carboxylic acids is 2. The third kappa shape index (κ3) is 5.12. The van der Waals surface area contributed by atoms with Gasteiger partial charge in [0.15, 0.2) is 0 Å². The van der Waals surface area contributed by atoms with Crippen LogP contribution in [0.25, 0.3) is 0 Å². The van der Waals surface area contributed by atoms with Gasteiger partial charge in [-0.3, -0.25) is 4.79 Å². The molecule has 3 aromatic carbocycles. The lowest BCUT2D eigenvalue weighted by atomic mass is 10.2. The summed E-state index contributed by atoms with van der Waals surface area (Å²) in [4.78, 5) is 24.3. The Morgan fingerprint density at radius 2 is 1.52 bits per heavy atom. The topological polar surface area (TPSA) is 67.8 Å². The summed E-state index contributed by atoms with van der Waals surface area (Å²) in [6.07, 6.45) is 1.43. The quantitative estimate of drug-likeness (QED) is 0.286. The number of ether oxygens (including phenoxy) is 1. The van der Waals surface area contributed by atoms with E-state index < -0.39 is 5.97 Å². The largest absolute Gasteiger partial charge is 0.422 e. The summed E-state index contributed by atoms with van der Waals surface area (Å²) in [5.41, 5.74) is 3.94. The summed E-state index contributed by atoms with van der Waals surface area (Å²) in [6, 6.07) is 22.6. The van der Waals surface area contributed by atoms with Crippen LogP contribution in [-0.4, -0.2) is 18.1 Å². The number of halogens is 1. The molecule has 0 spiro atoms. The first-order valence-electron chi connectivity index (χ1n) is 8.09. The molecule has 134 valence electrons. The van der Waals surface area contributed by atoms with Crippen LogP contribution < -0.4 is 10.2 Å². The number of carbonyl (C=O) groups is 2. The van der Waals surface area contributed by atoms with E-state index >= 15 is 0 Å². The van der Waals surface area contributed by atoms with Gasteiger partial charge in [-0.1, -0.05) is 52.3 Å². The van der Waals surface area contributed by atoms with Gasteiger partial charge in [0.2, 0.25) is 0 Å². The normalized spacial score (nSPS) is 10.6. The van der Waals surface area contributed by atoms with Crippen LogP contribution in [0.3, 0.4) is 0 Å². The van der Waals surface area contributed by atoms with Gasteiger partial charge >= 0.3 is 5.97 Å². The molecule has 0 saturated heterocycles. The maximum Gasteiger partial charge on any atom is 0.343 e. The zero-order chi connectivity index (χ0) is 19.1. The summed E-state index contributed by atoms with van der Waals surface area (Å²) in [7, 11) is 0. The van der Waals surface area contributed by atoms with Crippen LogP contribution in [0.2, 0.25) is 0 Å². The number of rotatable bonds is 5. The number of amides is 1. The van der Waals surface area contributed by atoms with Gasteiger partial charge in [0.25, 0.3) is 5.91 Å². The smallest absolute Gasteiger partial charge is 0.343 e. The lowest BCUT2D eigenvalue weighted by Gasteiger charge is -2.08. The average molecular weight is 423 g/mol. The number of esters is 1. The number of nitrogens with zero attached hydrogens (tertiary/aromatic N) is 1. The van der Waals surface area contributed by atoms with Gasteiger partial charge < -0.3 is 4.74 Å². The predicted molar refractivity (Wildman–Crippen MR) is 107 cm³/mol. The van der Waals surface area contributed by atoms with Crippen molar-refractivity contribution in [3.05, 3.63) is 100 Å². The van der Waals surface area contributed by atoms with E-state index in [1.807, 2.05) is 12.1 Å². The van der Waals surface area contributed by atoms with Gasteiger partial charge in [-0.2, -0.15) is 5.10 Å². The summed E-state index contributed by atoms with van der Waals surface area (Å²) in [5.74, 6) is -0.463. The van der Waals surface area contributed by atoms with Crippen molar-refractivity contribution in [2.45, 2.75) is 0 Å². The third-order valence-electron chi connectivity index (χ3n) is 3.59. The van der Waals surface area contributed by atoms with Crippen molar-refractivity contribution in [1.82, 2.24) is 5.43 Å². The fraction of sp³-hybridized carbons (Fsp3) is 0. The number of benzene rings is 3. The third-order valence-corrected chi connectivity index (χ3v) is 4.08. The molecule has 0 saturated carbocycles. The molecule has 0 bridgehead atoms. The molecule has 0 aromatic heterocycles. The van der Waals surface area contributed by atoms with Gasteiger partial charge in [0.05, 0.1) is 11.8 Å². The van der Waals surface area contributed by atoms with E-state index in [9.17, 15) is 9.59 Å². The van der Waals surface area contributed by atoms with Crippen LogP contribution in [0, 0.1) is 0 Å². The number of hydrazone groups is 1. The van der Waals surface area contributed by atoms with Crippen molar-refractivity contribution in [3.8, 4) is 5.75 Å². The second kappa shape index (κ2) is 8.91. The van der Waals surface area contributed by atoms with E-state index in [1.165, 1.54) is 6.21 Å². The first kappa shape index (κ1) is 18.5. The SMILES string of the molecule is O=C(N/N=C/c1cc(Br)ccc1OC(=O)c1ccccc1)c1ccccc1. The molecule has 5 nitrogen and oxygen atoms in total. The Labute approximate surface area is 164 Å². The van der Waals surface area contributed by atoms with E-state index in [1.54, 1.807) is 66.7 Å². The first-order chi connectivity index (χ1) is 13.1. The lowest BCUT2D eigenvalue weighted by molar-refractivity contribution is 0.0734. The second-order valence-electron chi connectivity index (χ2n) is 5.50. The van der Waals surface area contributed by atoms with Crippen molar-refractivity contribution in [1.29, 1.82) is 0 Å². The van der Waals surface area contributed by atoms with Crippen LogP contribution >= 0.6 is 15.9 Å². The summed E-state index contributed by atoms with van der Waals surface area (Å²) >= 11 is 3.38. The van der Waals surface area contributed by atoms with Gasteiger partial charge in [-0.15, -0.1) is 0 Å². The monoisotopic (exact) mass is 422 g/mol. The molecular formula is C21H15BrN2O3. The minimum absolute atomic E-state index is 0.329. The Balaban J connectivity index is 1.74. The Hall–Kier alpha value is -3.25. The van der Waals surface area contributed by atoms with E-state index in [0.717, 1.165) is 4.47 Å². The van der Waals surface area contributed by atoms with Gasteiger partial charge in [-0.05, 0) is 42.5 Å². The molecule has 0 aliphatic carbocycles. The molecule has 6 heteroatoms. The summed E-state index contributed by atoms with van der Waals surface area (Å²) < 4.78 is 6.25. The minimum atomic E-state index is -0.471. The Morgan fingerprint density at radius 1 is 0.889 bits per heavy atom. The number of hydrogen-bond donors (Lipinski definition) is 1. The van der Waals surface area contributed by atoms with Crippen molar-refractivity contribution >= 4 is 34.0 Å². The van der Waals surface area contributed by atoms with Gasteiger partial charge in [0.1, 0.15) is 5.75 Å². The Bertz CT molecular complexity index is 973. The molecule has 27 heavy (non-hydrogen) atoms. The van der Waals surface area contributed by atoms with Gasteiger partial charge in [0, 0.05) is 15.6 Å². The van der Waals surface area contributed by atoms with Crippen LogP contribution in [0.4, 0.5) is 0 Å². The zero-order valence-electron chi connectivity index (χ0n) is 14.1. The highest BCUT2D eigenvalue weighted by molar-refractivity contribution is 9.10. The molecular weight excluding hydrogens is 408 g/mol. The number of nitrogens with one attached hydrogen (secondary N) is 1. The van der Waals surface area contributed by atoms with E-state index in [-0.39, 0.29) is 5.91 Å². The molecule has 0 fully saturated rings. The molecule has 0 heterocycles. The average Bonchev–Trinajstić information content (AvgIpc) is 2.71. The Kier molecular flexibility index (Phi) is 6.12. The zero-order valence-corrected chi connectivity index (χ0v) is 15.7. The van der Waals surface area contributed by atoms with Crippen LogP contribution in [0.5, 0.6) is 5.75 Å². The molecule has 0 radical (unpaired) electrons. The molecule has 3 rings (SSSR count). The molecule has 0 aliphatic rings. The second-order valence-corrected chi connectivity index (χ2v) is 6.42. The highest BCUT2D eigenvalue weighted by atomic mass is 79.9. The molecule has 3 aromatic rings. The maximum absolute atomic E-state index is 12.3. The molecule has 1 amide bonds. The highest BCUT2D eigenvalue weighted by Crippen LogP contribution is 2.23. The lowest BCUT2D eigenvalue weighted by Crippen LogP contribution is -2.17. The minimum Gasteiger partial charge on any atom is -0.422 e. The van der Waals surface area contributed by atoms with Crippen LogP contribution in [-0.2, 0) is 0 Å². The van der Waals surface area contributed by atoms with Crippen molar-refractivity contribution in [2.75, 3.05) is 0 Å². The van der Waals surface area contributed by atoms with Crippen molar-refractivity contribution in [2.24, 2.45) is 5.10 Å². The molecule has 0 atom stereocenters. The van der Waals surface area contributed by atoms with Crippen molar-refractivity contribution in [3.63, 3.8) is 0 Å². The Morgan fingerprint density at radius 3 is 2.19 bits per heavy atom. The van der Waals surface area contributed by atoms with Crippen LogP contribution in [0.15, 0.2) is 88.4 Å². The molecule has 0 aliphatic heterocycles. The summed E-state index contributed by atoms with van der Waals surface area (Å²) in [5, 5.41) is 3.96. The van der Waals surface area contributed by atoms with Crippen molar-refractivity contribution < 1.29 is 14.3 Å². The van der Waals surface area contributed by atoms with E-state index in [2.05, 4.69) is 26.5 Å². The van der Waals surface area contributed by atoms with Crippen LogP contribution in [0.1, 0.15) is 26.3 Å². The molecule has 0 unspecified atom stereocenters. The van der Waals surface area contributed by atoms with Gasteiger partial charge in [-0.25, -0.2) is 10.2 Å². The van der Waals surface area contributed by atoms with E-state index in [4.69, 9.17) is 4.74 Å². The predicted octanol–water partition coefficient (Wildman–Crippen LogP) is 4.43. The summed E-state index contributed by atoms with van der Waals surface area (Å²) in [6.45, 7) is 0. The highest BCUT2D eigenvalue weighted by Gasteiger charge is 2.11. The fourth-order valence-electron chi connectivity index (χ4n) is 2.26. The fourth-order valence-corrected chi connectivity index (χ4v) is 2.64. The first-order valence-corrected chi connectivity index (χ1v) is 8.88. The maximum atomic E-state index is 12.3. The van der Waals surface area contributed by atoms with E-state index in [0.29, 0.717) is 22.4 Å². The standard InChI is InChI=1S/C21H15BrN2O3/c22-18-11-12-19(27-21(26)16-9-5-2-6-10-16)17(13-18)14-23-24-20(25)15-7-3-1-4-8-15/h1-14H,(H,24,25)/b23-14+. The molecule has 1 N–H and O–H groups in total.